The van der Waals surface area contributed by atoms with E-state index in [9.17, 15) is 34.8 Å². The summed E-state index contributed by atoms with van der Waals surface area (Å²) in [5.74, 6) is -2.48. The molecule has 4 N–H and O–H groups in total. The maximum atomic E-state index is 14.3. The summed E-state index contributed by atoms with van der Waals surface area (Å²) in [7, 11) is 0. The van der Waals surface area contributed by atoms with Crippen LogP contribution in [0.3, 0.4) is 0 Å². The Morgan fingerprint density at radius 1 is 1.02 bits per heavy atom. The second-order valence-electron chi connectivity index (χ2n) is 15.0. The Morgan fingerprint density at radius 3 is 2.20 bits per heavy atom. The molecule has 0 aromatic carbocycles. The molecule has 0 bridgehead atoms. The predicted octanol–water partition coefficient (Wildman–Crippen LogP) is 3.29. The molecule has 3 fully saturated rings. The number of aliphatic hydroxyl groups excluding tert-OH is 3. The number of fused-ring (bicyclic) bond motifs is 5. The highest BCUT2D eigenvalue weighted by molar-refractivity contribution is 5.97. The van der Waals surface area contributed by atoms with Crippen LogP contribution in [0.5, 0.6) is 0 Å². The normalized spacial score (nSPS) is 44.2. The Morgan fingerprint density at radius 2 is 1.62 bits per heavy atom. The van der Waals surface area contributed by atoms with Crippen molar-refractivity contribution in [1.82, 2.24) is 0 Å². The van der Waals surface area contributed by atoms with Gasteiger partial charge in [0.25, 0.3) is 0 Å². The lowest BCUT2D eigenvalue weighted by Gasteiger charge is -2.65. The van der Waals surface area contributed by atoms with E-state index < -0.39 is 68.8 Å². The van der Waals surface area contributed by atoms with E-state index in [0.717, 1.165) is 5.57 Å². The maximum absolute atomic E-state index is 14.3. The molecule has 0 heterocycles. The first-order valence-electron chi connectivity index (χ1n) is 14.5. The summed E-state index contributed by atoms with van der Waals surface area (Å²) in [6, 6.07) is 0. The third-order valence-corrected chi connectivity index (χ3v) is 11.8. The average Bonchev–Trinajstić information content (AvgIpc) is 3.01. The van der Waals surface area contributed by atoms with E-state index in [2.05, 4.69) is 13.0 Å². The summed E-state index contributed by atoms with van der Waals surface area (Å²) < 4.78 is 5.23. The second-order valence-corrected chi connectivity index (χ2v) is 15.0. The Hall–Kier alpha value is -1.87. The van der Waals surface area contributed by atoms with Gasteiger partial charge in [0.15, 0.2) is 5.78 Å². The van der Waals surface area contributed by atoms with Gasteiger partial charge < -0.3 is 25.2 Å². The molecule has 0 aliphatic heterocycles. The third kappa shape index (κ3) is 4.19. The largest absolute Gasteiger partial charge is 0.456 e. The summed E-state index contributed by atoms with van der Waals surface area (Å²) in [6.07, 6.45) is 3.10. The lowest BCUT2D eigenvalue weighted by molar-refractivity contribution is -0.186. The summed E-state index contributed by atoms with van der Waals surface area (Å²) in [5.41, 5.74) is -5.04. The number of carbonyl (C=O) groups is 3. The molecule has 10 atom stereocenters. The van der Waals surface area contributed by atoms with Gasteiger partial charge in [-0.1, -0.05) is 46.3 Å². The van der Waals surface area contributed by atoms with Gasteiger partial charge in [-0.15, -0.1) is 0 Å². The van der Waals surface area contributed by atoms with Crippen LogP contribution in [0, 0.1) is 39.4 Å². The fraction of sp³-hybridized carbons (Fsp3) is 0.781. The molecule has 0 aromatic rings. The quantitative estimate of drug-likeness (QED) is 0.228. The number of ketones is 2. The lowest BCUT2D eigenvalue weighted by Crippen LogP contribution is -2.65. The van der Waals surface area contributed by atoms with E-state index in [1.165, 1.54) is 26.0 Å². The standard InChI is InChI=1S/C32H48O8/c1-17(33)40-27(2,3)13-12-23(36)32(9,39)25-21(35)15-29(6)22-11-10-18-19(14-20(34)26(38)28(18,4)5)31(22,8)24(37)16-30(25,29)7/h10,12-13,19-22,25-26,34-35,38-39H,11,14-16H2,1-9H3/t19-,20-,21-,22+,25+,26-,29+,30-,31+,32+/m1/s1. The van der Waals surface area contributed by atoms with Crippen molar-refractivity contribution < 1.29 is 39.5 Å². The fourth-order valence-electron chi connectivity index (χ4n) is 9.55. The molecule has 0 unspecified atom stereocenters. The number of aliphatic hydroxyl groups is 4. The second kappa shape index (κ2) is 9.32. The number of allylic oxidation sites excluding steroid dienone is 1. The predicted molar refractivity (Wildman–Crippen MR) is 149 cm³/mol. The van der Waals surface area contributed by atoms with Gasteiger partial charge in [0.2, 0.25) is 0 Å². The minimum Gasteiger partial charge on any atom is -0.456 e. The number of esters is 1. The SMILES string of the molecule is CC(=O)OC(C)(C)C=CC(=O)[C@](C)(O)[C@H]1[C@H](O)C[C@@]2(C)[C@@H]3CC=C4[C@@H](C[C@@H](O)[C@@H](O)C4(C)C)[C@]3(C)C(=O)C[C@]12C. The number of hydrogen-bond acceptors (Lipinski definition) is 8. The van der Waals surface area contributed by atoms with Gasteiger partial charge in [-0.25, -0.2) is 0 Å². The molecule has 40 heavy (non-hydrogen) atoms. The summed E-state index contributed by atoms with van der Waals surface area (Å²) in [5, 5.41) is 44.9. The van der Waals surface area contributed by atoms with Crippen LogP contribution in [0.25, 0.3) is 0 Å². The number of rotatable bonds is 5. The van der Waals surface area contributed by atoms with Crippen LogP contribution in [0.4, 0.5) is 0 Å². The van der Waals surface area contributed by atoms with Crippen molar-refractivity contribution in [1.29, 1.82) is 0 Å². The topological polar surface area (TPSA) is 141 Å². The van der Waals surface area contributed by atoms with Crippen LogP contribution < -0.4 is 0 Å². The Balaban J connectivity index is 1.74. The van der Waals surface area contributed by atoms with E-state index in [0.29, 0.717) is 12.8 Å². The van der Waals surface area contributed by atoms with Crippen LogP contribution in [0.2, 0.25) is 0 Å². The number of Topliss-reactive ketones (excluding diaryl/α,β-unsaturated/α-hetero) is 1. The molecule has 8 heteroatoms. The minimum atomic E-state index is -1.98. The van der Waals surface area contributed by atoms with Crippen molar-refractivity contribution in [3.8, 4) is 0 Å². The zero-order valence-electron chi connectivity index (χ0n) is 25.4. The molecule has 4 aliphatic carbocycles. The van der Waals surface area contributed by atoms with Crippen molar-refractivity contribution in [2.24, 2.45) is 39.4 Å². The fourth-order valence-corrected chi connectivity index (χ4v) is 9.55. The van der Waals surface area contributed by atoms with Crippen LogP contribution >= 0.6 is 0 Å². The van der Waals surface area contributed by atoms with E-state index in [4.69, 9.17) is 4.74 Å². The monoisotopic (exact) mass is 560 g/mol. The molecule has 224 valence electrons. The maximum Gasteiger partial charge on any atom is 0.303 e. The highest BCUT2D eigenvalue weighted by atomic mass is 16.6. The first-order chi connectivity index (χ1) is 18.1. The molecule has 0 amide bonds. The van der Waals surface area contributed by atoms with Gasteiger partial charge in [0, 0.05) is 30.1 Å². The lowest BCUT2D eigenvalue weighted by atomic mass is 9.38. The summed E-state index contributed by atoms with van der Waals surface area (Å²) in [4.78, 5) is 39.2. The molecule has 0 radical (unpaired) electrons. The van der Waals surface area contributed by atoms with Crippen LogP contribution in [0.15, 0.2) is 23.8 Å². The molecule has 4 aliphatic rings. The van der Waals surface area contributed by atoms with Gasteiger partial charge in [0.1, 0.15) is 17.0 Å². The van der Waals surface area contributed by atoms with Crippen molar-refractivity contribution in [2.75, 3.05) is 0 Å². The zero-order valence-corrected chi connectivity index (χ0v) is 25.4. The smallest absolute Gasteiger partial charge is 0.303 e. The van der Waals surface area contributed by atoms with Gasteiger partial charge in [-0.05, 0) is 74.9 Å². The molecule has 8 nitrogen and oxygen atoms in total. The van der Waals surface area contributed by atoms with Gasteiger partial charge in [-0.3, -0.25) is 14.4 Å². The molecule has 0 saturated heterocycles. The summed E-state index contributed by atoms with van der Waals surface area (Å²) >= 11 is 0. The number of hydrogen-bond donors (Lipinski definition) is 4. The third-order valence-electron chi connectivity index (χ3n) is 11.8. The zero-order chi connectivity index (χ0) is 30.4. The van der Waals surface area contributed by atoms with E-state index in [1.807, 2.05) is 27.7 Å². The van der Waals surface area contributed by atoms with Crippen molar-refractivity contribution in [3.63, 3.8) is 0 Å². The van der Waals surface area contributed by atoms with E-state index in [-0.39, 0.29) is 30.5 Å². The molecule has 0 spiro atoms. The van der Waals surface area contributed by atoms with E-state index >= 15 is 0 Å². The molecule has 3 saturated carbocycles. The first-order valence-corrected chi connectivity index (χ1v) is 14.5. The Labute approximate surface area is 237 Å². The number of ether oxygens (including phenoxy) is 1. The highest BCUT2D eigenvalue weighted by Gasteiger charge is 2.74. The van der Waals surface area contributed by atoms with Crippen LogP contribution in [0.1, 0.15) is 88.0 Å². The van der Waals surface area contributed by atoms with Crippen molar-refractivity contribution in [3.05, 3.63) is 23.8 Å². The van der Waals surface area contributed by atoms with Gasteiger partial charge >= 0.3 is 5.97 Å². The van der Waals surface area contributed by atoms with Crippen LogP contribution in [-0.2, 0) is 19.1 Å². The van der Waals surface area contributed by atoms with Gasteiger partial charge in [-0.2, -0.15) is 0 Å². The minimum absolute atomic E-state index is 0.00125. The average molecular weight is 561 g/mol. The summed E-state index contributed by atoms with van der Waals surface area (Å²) in [6.45, 7) is 15.7. The first kappa shape index (κ1) is 31.1. The Kier molecular flexibility index (Phi) is 7.24. The van der Waals surface area contributed by atoms with Crippen LogP contribution in [-0.4, -0.2) is 67.5 Å². The van der Waals surface area contributed by atoms with Crippen molar-refractivity contribution in [2.45, 2.75) is 118 Å². The van der Waals surface area contributed by atoms with Gasteiger partial charge in [0.05, 0.1) is 18.3 Å². The number of carbonyl (C=O) groups excluding carboxylic acids is 3. The molecule has 0 aromatic heterocycles. The molecule has 4 rings (SSSR count). The molecular formula is C32H48O8. The van der Waals surface area contributed by atoms with E-state index in [1.54, 1.807) is 13.8 Å². The highest BCUT2D eigenvalue weighted by Crippen LogP contribution is 2.74. The molecular weight excluding hydrogens is 512 g/mol. The Bertz CT molecular complexity index is 1160. The van der Waals surface area contributed by atoms with Crippen molar-refractivity contribution >= 4 is 17.5 Å².